The molecule has 0 aliphatic carbocycles. The Morgan fingerprint density at radius 1 is 1.16 bits per heavy atom. The van der Waals surface area contributed by atoms with E-state index in [0.29, 0.717) is 21.4 Å². The largest absolute Gasteiger partial charge is 0.479 e. The highest BCUT2D eigenvalue weighted by Gasteiger charge is 2.72. The molecule has 2 N–H and O–H groups in total. The molecule has 0 radical (unpaired) electrons. The maximum atomic E-state index is 12.5. The molecule has 3 rings (SSSR count). The Morgan fingerprint density at radius 2 is 1.76 bits per heavy atom. The van der Waals surface area contributed by atoms with Crippen LogP contribution in [-0.4, -0.2) is 78.0 Å². The molecular weight excluding hydrogens is 494 g/mol. The monoisotopic (exact) mass is 537 g/mol. The molecule has 12 heteroatoms. The van der Waals surface area contributed by atoms with Crippen LogP contribution in [0.2, 0.25) is 0 Å². The van der Waals surface area contributed by atoms with Gasteiger partial charge in [-0.15, -0.1) is 0 Å². The highest BCUT2D eigenvalue weighted by atomic mass is 28.1. The molecule has 0 bridgehead atoms. The maximum Gasteiger partial charge on any atom is 0.308 e. The number of hydrogen-bond acceptors (Lipinski definition) is 10. The number of aromatic nitrogens is 4. The Balaban J connectivity index is 2.29. The van der Waals surface area contributed by atoms with Gasteiger partial charge in [0.2, 0.25) is 11.8 Å². The fourth-order valence-electron chi connectivity index (χ4n) is 5.03. The van der Waals surface area contributed by atoms with Gasteiger partial charge in [-0.3, -0.25) is 9.36 Å². The van der Waals surface area contributed by atoms with E-state index in [4.69, 9.17) is 29.4 Å². The maximum absolute atomic E-state index is 12.5. The lowest BCUT2D eigenvalue weighted by Gasteiger charge is -2.52. The van der Waals surface area contributed by atoms with E-state index < -0.39 is 33.9 Å². The topological polar surface area (TPSA) is 133 Å². The van der Waals surface area contributed by atoms with Crippen LogP contribution in [0, 0.1) is 5.92 Å². The summed E-state index contributed by atoms with van der Waals surface area (Å²) in [6.07, 6.45) is 0.969. The van der Waals surface area contributed by atoms with Crippen molar-refractivity contribution in [3.63, 3.8) is 0 Å². The summed E-state index contributed by atoms with van der Waals surface area (Å²) >= 11 is 0. The van der Waals surface area contributed by atoms with Crippen molar-refractivity contribution in [1.29, 1.82) is 0 Å². The molecule has 0 unspecified atom stereocenters. The molecule has 0 saturated carbocycles. The van der Waals surface area contributed by atoms with Crippen LogP contribution in [0.3, 0.4) is 0 Å². The lowest BCUT2D eigenvalue weighted by Crippen LogP contribution is -2.67. The zero-order chi connectivity index (χ0) is 28.2. The number of carbonyl (C=O) groups is 1. The number of nitrogen functional groups attached to an aromatic ring is 1. The van der Waals surface area contributed by atoms with Gasteiger partial charge in [-0.2, -0.15) is 9.97 Å². The van der Waals surface area contributed by atoms with Crippen LogP contribution in [0.4, 0.5) is 5.95 Å². The van der Waals surface area contributed by atoms with E-state index in [1.54, 1.807) is 20.2 Å². The van der Waals surface area contributed by atoms with E-state index in [0.717, 1.165) is 0 Å². The van der Waals surface area contributed by atoms with Crippen LogP contribution in [-0.2, 0) is 29.1 Å². The van der Waals surface area contributed by atoms with Crippen molar-refractivity contribution in [3.05, 3.63) is 6.33 Å². The van der Waals surface area contributed by atoms with Gasteiger partial charge >= 0.3 is 5.97 Å². The van der Waals surface area contributed by atoms with Crippen molar-refractivity contribution in [2.45, 2.75) is 103 Å². The summed E-state index contributed by atoms with van der Waals surface area (Å²) in [6.45, 7) is 19.4. The van der Waals surface area contributed by atoms with Crippen molar-refractivity contribution in [2.24, 2.45) is 5.92 Å². The number of rotatable bonds is 7. The molecule has 0 amide bonds. The van der Waals surface area contributed by atoms with Gasteiger partial charge in [0.1, 0.15) is 23.9 Å². The number of ether oxygens (including phenoxy) is 5. The minimum absolute atomic E-state index is 0.0102. The lowest BCUT2D eigenvalue weighted by molar-refractivity contribution is -0.266. The molecule has 11 nitrogen and oxygen atoms in total. The number of imidazole rings is 1. The Morgan fingerprint density at radius 3 is 2.27 bits per heavy atom. The molecular formula is C25H43N5O6Si. The number of anilines is 1. The number of hydrogen-bond donors (Lipinski definition) is 1. The summed E-state index contributed by atoms with van der Waals surface area (Å²) in [5.74, 6) is -0.286. The molecule has 1 aliphatic heterocycles. The Hall–Kier alpha value is -2.28. The molecule has 1 aliphatic rings. The average molecular weight is 538 g/mol. The van der Waals surface area contributed by atoms with Gasteiger partial charge < -0.3 is 29.4 Å². The normalized spacial score (nSPS) is 28.8. The van der Waals surface area contributed by atoms with E-state index in [1.165, 1.54) is 7.11 Å². The van der Waals surface area contributed by atoms with Crippen molar-refractivity contribution in [2.75, 3.05) is 19.5 Å². The fraction of sp³-hybridized carbons (Fsp3) is 0.760. The van der Waals surface area contributed by atoms with E-state index >= 15 is 0 Å². The van der Waals surface area contributed by atoms with Gasteiger partial charge in [0.25, 0.3) is 0 Å². The van der Waals surface area contributed by atoms with E-state index in [9.17, 15) is 4.79 Å². The quantitative estimate of drug-likeness (QED) is 0.414. The minimum atomic E-state index is -1.10. The van der Waals surface area contributed by atoms with Crippen LogP contribution in [0.25, 0.3) is 11.2 Å². The van der Waals surface area contributed by atoms with Crippen molar-refractivity contribution in [3.8, 4) is 5.88 Å². The summed E-state index contributed by atoms with van der Waals surface area (Å²) in [5.41, 5.74) is 3.62. The van der Waals surface area contributed by atoms with Gasteiger partial charge in [-0.05, 0) is 55.4 Å². The lowest BCUT2D eigenvalue weighted by atomic mass is 9.80. The minimum Gasteiger partial charge on any atom is -0.479 e. The third-order valence-electron chi connectivity index (χ3n) is 6.73. The summed E-state index contributed by atoms with van der Waals surface area (Å²) in [7, 11) is 1.92. The predicted molar refractivity (Wildman–Crippen MR) is 143 cm³/mol. The van der Waals surface area contributed by atoms with Gasteiger partial charge in [-0.1, -0.05) is 13.8 Å². The first-order valence-corrected chi connectivity index (χ1v) is 13.6. The number of methoxy groups -OCH3 is 1. The van der Waals surface area contributed by atoms with Crippen molar-refractivity contribution >= 4 is 33.3 Å². The second-order valence-electron chi connectivity index (χ2n) is 12.3. The molecule has 2 aromatic rings. The van der Waals surface area contributed by atoms with Crippen LogP contribution in [0.5, 0.6) is 5.88 Å². The van der Waals surface area contributed by atoms with Crippen molar-refractivity contribution < 1.29 is 28.5 Å². The molecule has 1 fully saturated rings. The average Bonchev–Trinajstić information content (AvgIpc) is 3.22. The van der Waals surface area contributed by atoms with E-state index in [1.807, 2.05) is 60.0 Å². The third-order valence-corrected chi connectivity index (χ3v) is 8.40. The van der Waals surface area contributed by atoms with Gasteiger partial charge in [-0.25, -0.2) is 4.98 Å². The van der Waals surface area contributed by atoms with Crippen LogP contribution in [0.1, 0.15) is 69.2 Å². The summed E-state index contributed by atoms with van der Waals surface area (Å²) in [5, 5.41) is -1.10. The number of nitrogens with zero attached hydrogens (tertiary/aromatic N) is 4. The van der Waals surface area contributed by atoms with E-state index in [2.05, 4.69) is 15.0 Å². The Bertz CT molecular complexity index is 1160. The molecule has 1 saturated heterocycles. The van der Waals surface area contributed by atoms with Gasteiger partial charge in [0, 0.05) is 0 Å². The van der Waals surface area contributed by atoms with Crippen molar-refractivity contribution in [1.82, 2.24) is 19.5 Å². The number of nitrogens with two attached hydrogens (primary N) is 1. The highest BCUT2D eigenvalue weighted by Crippen LogP contribution is 2.55. The summed E-state index contributed by atoms with van der Waals surface area (Å²) in [6, 6.07) is 0. The Kier molecular flexibility index (Phi) is 7.50. The number of carbonyl (C=O) groups excluding carboxylic acids is 1. The van der Waals surface area contributed by atoms with Crippen LogP contribution < -0.4 is 10.5 Å². The second-order valence-corrected chi connectivity index (χ2v) is 13.7. The summed E-state index contributed by atoms with van der Waals surface area (Å²) < 4.78 is 33.5. The standard InChI is InChI=1S/C25H43N5O6Si/c1-14(2)19(31)33-12-15-23(9,35-21(3,4)5)24(10,36-22(6,7)8)25(37,34-15)30-13-27-16-17(30)28-20(26)29-18(16)32-11/h13-15H,12H2,1-11,37H3,(H2,26,28,29)/t15-,23-,24+,25+/m1/s1. The SMILES string of the molecule is COc1nc(N)nc2c1ncn2[C@]1([SiH3])O[C@H](COC(=O)C(C)C)[C@@](C)(OC(C)(C)C)[C@]1(C)OC(C)(C)C. The molecule has 37 heavy (non-hydrogen) atoms. The van der Waals surface area contributed by atoms with Crippen LogP contribution >= 0.6 is 0 Å². The first kappa shape index (κ1) is 29.3. The fourth-order valence-corrected chi connectivity index (χ4v) is 6.24. The summed E-state index contributed by atoms with van der Waals surface area (Å²) in [4.78, 5) is 25.7. The third kappa shape index (κ3) is 5.21. The first-order chi connectivity index (χ1) is 16.8. The molecule has 208 valence electrons. The van der Waals surface area contributed by atoms with Crippen LogP contribution in [0.15, 0.2) is 6.33 Å². The molecule has 2 aromatic heterocycles. The Labute approximate surface area is 222 Å². The molecule has 0 spiro atoms. The highest BCUT2D eigenvalue weighted by molar-refractivity contribution is 6.14. The van der Waals surface area contributed by atoms with Gasteiger partial charge in [0.05, 0.1) is 40.8 Å². The molecule has 4 atom stereocenters. The first-order valence-electron chi connectivity index (χ1n) is 12.6. The number of esters is 1. The predicted octanol–water partition coefficient (Wildman–Crippen LogP) is 2.14. The van der Waals surface area contributed by atoms with Gasteiger partial charge in [0.15, 0.2) is 16.5 Å². The van der Waals surface area contributed by atoms with E-state index in [-0.39, 0.29) is 30.3 Å². The second kappa shape index (κ2) is 9.48. The zero-order valence-corrected chi connectivity index (χ0v) is 26.3. The zero-order valence-electron chi connectivity index (χ0n) is 24.3. The molecule has 0 aromatic carbocycles. The smallest absolute Gasteiger partial charge is 0.308 e. The molecule has 3 heterocycles. The number of fused-ring (bicyclic) bond motifs is 1.